The van der Waals surface area contributed by atoms with Gasteiger partial charge in [-0.05, 0) is 92.3 Å². The van der Waals surface area contributed by atoms with E-state index in [1.165, 1.54) is 6.20 Å². The van der Waals surface area contributed by atoms with Crippen LogP contribution in [0.25, 0.3) is 0 Å². The Morgan fingerprint density at radius 3 is 2.41 bits per heavy atom. The Hall–Kier alpha value is -3.22. The molecule has 2 aromatic carbocycles. The average molecular weight is 576 g/mol. The highest BCUT2D eigenvalue weighted by Gasteiger charge is 2.40. The molecule has 1 fully saturated rings. The molecule has 2 amide bonds. The molecule has 41 heavy (non-hydrogen) atoms. The third kappa shape index (κ3) is 7.75. The molecule has 218 valence electrons. The van der Waals surface area contributed by atoms with Crippen LogP contribution in [0.4, 0.5) is 5.69 Å². The minimum absolute atomic E-state index is 0.0479. The van der Waals surface area contributed by atoms with Crippen LogP contribution >= 0.6 is 11.6 Å². The number of aromatic nitrogens is 1. The zero-order valence-electron chi connectivity index (χ0n) is 25.0. The lowest BCUT2D eigenvalue weighted by Gasteiger charge is -2.41. The highest BCUT2D eigenvalue weighted by molar-refractivity contribution is 6.30. The molecule has 1 aromatic heterocycles. The Bertz CT molecular complexity index is 1390. The maximum Gasteiger partial charge on any atom is 0.273 e. The Labute approximate surface area is 249 Å². The molecule has 0 bridgehead atoms. The first kappa shape index (κ1) is 30.7. The second-order valence-corrected chi connectivity index (χ2v) is 13.3. The van der Waals surface area contributed by atoms with Crippen molar-refractivity contribution in [1.82, 2.24) is 9.88 Å². The van der Waals surface area contributed by atoms with Crippen LogP contribution in [-0.2, 0) is 16.6 Å². The second kappa shape index (κ2) is 12.3. The van der Waals surface area contributed by atoms with E-state index in [0.717, 1.165) is 28.8 Å². The molecule has 4 rings (SSSR count). The first-order chi connectivity index (χ1) is 19.2. The largest absolute Gasteiger partial charge is 0.390 e. The van der Waals surface area contributed by atoms with Gasteiger partial charge >= 0.3 is 0 Å². The second-order valence-electron chi connectivity index (χ2n) is 12.9. The molecular formula is C34H42ClN3O3. The van der Waals surface area contributed by atoms with E-state index in [9.17, 15) is 14.7 Å². The summed E-state index contributed by atoms with van der Waals surface area (Å²) in [5, 5.41) is 13.8. The lowest BCUT2D eigenvalue weighted by Crippen LogP contribution is -2.46. The van der Waals surface area contributed by atoms with Gasteiger partial charge < -0.3 is 15.3 Å². The van der Waals surface area contributed by atoms with Crippen LogP contribution < -0.4 is 5.32 Å². The fourth-order valence-electron chi connectivity index (χ4n) is 5.44. The molecule has 0 spiro atoms. The molecule has 1 saturated heterocycles. The van der Waals surface area contributed by atoms with Crippen LogP contribution in [-0.4, -0.2) is 39.0 Å². The number of hydrogen-bond donors (Lipinski definition) is 2. The number of likely N-dealkylation sites (tertiary alicyclic amines) is 1. The van der Waals surface area contributed by atoms with E-state index in [1.807, 2.05) is 49.4 Å². The molecule has 0 saturated carbocycles. The molecule has 1 aliphatic heterocycles. The molecule has 2 heterocycles. The predicted molar refractivity (Wildman–Crippen MR) is 165 cm³/mol. The maximum absolute atomic E-state index is 13.9. The lowest BCUT2D eigenvalue weighted by molar-refractivity contribution is -0.123. The third-order valence-electron chi connectivity index (χ3n) is 7.82. The minimum atomic E-state index is -0.748. The Balaban J connectivity index is 1.68. The quantitative estimate of drug-likeness (QED) is 0.310. The summed E-state index contributed by atoms with van der Waals surface area (Å²) in [6.45, 7) is 12.4. The number of carbonyl (C=O) groups excluding carboxylic acids is 2. The number of rotatable bonds is 7. The fourth-order valence-corrected chi connectivity index (χ4v) is 5.65. The van der Waals surface area contributed by atoms with Crippen LogP contribution in [0.5, 0.6) is 0 Å². The first-order valence-corrected chi connectivity index (χ1v) is 14.8. The number of nitrogens with zero attached hydrogens (tertiary/aromatic N) is 2. The van der Waals surface area contributed by atoms with Gasteiger partial charge in [0.15, 0.2) is 0 Å². The summed E-state index contributed by atoms with van der Waals surface area (Å²) < 4.78 is 0. The summed E-state index contributed by atoms with van der Waals surface area (Å²) in [4.78, 5) is 34.0. The number of pyridine rings is 1. The van der Waals surface area contributed by atoms with Crippen LogP contribution in [0.3, 0.4) is 0 Å². The van der Waals surface area contributed by atoms with Gasteiger partial charge in [0.05, 0.1) is 22.6 Å². The van der Waals surface area contributed by atoms with Crippen molar-refractivity contribution in [3.05, 3.63) is 93.8 Å². The average Bonchev–Trinajstić information content (AvgIpc) is 2.91. The SMILES string of the molecule is Cc1cc(Cl)cnc1C(=O)N1CCCC(C(=O)Nc2cccc(C(C)(C)C)c2)[C@@H]1c1ccc(CCC(C)(C)O)cc1. The van der Waals surface area contributed by atoms with Crippen molar-refractivity contribution in [2.75, 3.05) is 11.9 Å². The van der Waals surface area contributed by atoms with Crippen LogP contribution in [0.2, 0.25) is 5.02 Å². The number of carbonyl (C=O) groups is 2. The van der Waals surface area contributed by atoms with Gasteiger partial charge in [-0.2, -0.15) is 0 Å². The number of benzene rings is 2. The molecule has 3 aromatic rings. The topological polar surface area (TPSA) is 82.5 Å². The van der Waals surface area contributed by atoms with Crippen molar-refractivity contribution in [2.45, 2.75) is 84.3 Å². The molecule has 6 nitrogen and oxygen atoms in total. The fraction of sp³-hybridized carbons (Fsp3) is 0.441. The van der Waals surface area contributed by atoms with Crippen molar-refractivity contribution in [1.29, 1.82) is 0 Å². The Kier molecular flexibility index (Phi) is 9.25. The Morgan fingerprint density at radius 2 is 1.78 bits per heavy atom. The Morgan fingerprint density at radius 1 is 1.07 bits per heavy atom. The van der Waals surface area contributed by atoms with Crippen molar-refractivity contribution in [3.63, 3.8) is 0 Å². The van der Waals surface area contributed by atoms with Crippen molar-refractivity contribution in [3.8, 4) is 0 Å². The zero-order chi connectivity index (χ0) is 29.9. The summed E-state index contributed by atoms with van der Waals surface area (Å²) in [6.07, 6.45) is 4.23. The van der Waals surface area contributed by atoms with Gasteiger partial charge in [-0.15, -0.1) is 0 Å². The van der Waals surface area contributed by atoms with Gasteiger partial charge in [0, 0.05) is 18.4 Å². The van der Waals surface area contributed by atoms with Crippen LogP contribution in [0, 0.1) is 12.8 Å². The highest BCUT2D eigenvalue weighted by Crippen LogP contribution is 2.38. The van der Waals surface area contributed by atoms with Gasteiger partial charge in [-0.3, -0.25) is 9.59 Å². The monoisotopic (exact) mass is 575 g/mol. The predicted octanol–water partition coefficient (Wildman–Crippen LogP) is 7.28. The first-order valence-electron chi connectivity index (χ1n) is 14.4. The minimum Gasteiger partial charge on any atom is -0.390 e. The number of anilines is 1. The van der Waals surface area contributed by atoms with E-state index < -0.39 is 17.6 Å². The molecule has 2 N–H and O–H groups in total. The zero-order valence-corrected chi connectivity index (χ0v) is 25.8. The molecule has 0 radical (unpaired) electrons. The van der Waals surface area contributed by atoms with E-state index >= 15 is 0 Å². The third-order valence-corrected chi connectivity index (χ3v) is 8.03. The molecule has 0 aliphatic carbocycles. The number of piperidine rings is 1. The smallest absolute Gasteiger partial charge is 0.273 e. The van der Waals surface area contributed by atoms with Crippen molar-refractivity contribution in [2.24, 2.45) is 5.92 Å². The molecular weight excluding hydrogens is 534 g/mol. The lowest BCUT2D eigenvalue weighted by atomic mass is 9.83. The number of nitrogens with one attached hydrogen (secondary N) is 1. The summed E-state index contributed by atoms with van der Waals surface area (Å²) >= 11 is 6.13. The summed E-state index contributed by atoms with van der Waals surface area (Å²) in [6, 6.07) is 17.3. The normalized spacial score (nSPS) is 17.8. The van der Waals surface area contributed by atoms with Gasteiger partial charge in [0.25, 0.3) is 5.91 Å². The maximum atomic E-state index is 13.9. The standard InChI is InChI=1S/C34H42ClN3O3/c1-22-19-26(35)21-36-29(22)32(40)38-18-8-11-28(31(39)37-27-10-7-9-25(20-27)33(2,3)4)30(38)24-14-12-23(13-15-24)16-17-34(5,6)41/h7,9-10,12-15,19-21,28,30,41H,8,11,16-18H2,1-6H3,(H,37,39)/t28?,30-/m0/s1. The molecule has 1 unspecified atom stereocenters. The van der Waals surface area contributed by atoms with Gasteiger partial charge in [-0.1, -0.05) is 68.8 Å². The molecule has 7 heteroatoms. The summed E-state index contributed by atoms with van der Waals surface area (Å²) in [5.74, 6) is -0.756. The number of halogens is 1. The van der Waals surface area contributed by atoms with E-state index in [0.29, 0.717) is 42.1 Å². The van der Waals surface area contributed by atoms with Crippen molar-refractivity contribution < 1.29 is 14.7 Å². The van der Waals surface area contributed by atoms with Crippen molar-refractivity contribution >= 4 is 29.1 Å². The van der Waals surface area contributed by atoms with Crippen LogP contribution in [0.15, 0.2) is 60.8 Å². The number of hydrogen-bond acceptors (Lipinski definition) is 4. The molecule has 1 aliphatic rings. The van der Waals surface area contributed by atoms with Gasteiger partial charge in [-0.25, -0.2) is 4.98 Å². The van der Waals surface area contributed by atoms with Gasteiger partial charge in [0.1, 0.15) is 5.69 Å². The summed E-state index contributed by atoms with van der Waals surface area (Å²) in [5.41, 5.74) is 4.14. The number of aryl methyl sites for hydroxylation is 2. The van der Waals surface area contributed by atoms with E-state index in [2.05, 4.69) is 37.1 Å². The van der Waals surface area contributed by atoms with E-state index in [4.69, 9.17) is 11.6 Å². The highest BCUT2D eigenvalue weighted by atomic mass is 35.5. The number of amides is 2. The van der Waals surface area contributed by atoms with Crippen LogP contribution in [0.1, 0.15) is 92.7 Å². The molecule has 2 atom stereocenters. The summed E-state index contributed by atoms with van der Waals surface area (Å²) in [7, 11) is 0. The van der Waals surface area contributed by atoms with E-state index in [1.54, 1.807) is 24.8 Å². The van der Waals surface area contributed by atoms with Gasteiger partial charge in [0.2, 0.25) is 5.91 Å². The van der Waals surface area contributed by atoms with E-state index in [-0.39, 0.29) is 17.2 Å². The number of aliphatic hydroxyl groups is 1.